The third-order valence-corrected chi connectivity index (χ3v) is 1.96. The lowest BCUT2D eigenvalue weighted by Gasteiger charge is -2.01. The van der Waals surface area contributed by atoms with Gasteiger partial charge in [0.2, 0.25) is 0 Å². The molecule has 2 rings (SSSR count). The molecule has 0 aromatic carbocycles. The van der Waals surface area contributed by atoms with E-state index in [0.717, 1.165) is 17.9 Å². The van der Waals surface area contributed by atoms with Crippen LogP contribution in [0.5, 0.6) is 0 Å². The van der Waals surface area contributed by atoms with Crippen LogP contribution in [0.4, 0.5) is 5.82 Å². The Bertz CT molecular complexity index is 327. The van der Waals surface area contributed by atoms with Crippen molar-refractivity contribution < 1.29 is 0 Å². The molecule has 1 aliphatic heterocycles. The standard InChI is InChI=1S/C9H10N2/c1-6-5-7(2)11-9-8(6)3-4-10-9/h4-5H,3H2,1-2H3. The van der Waals surface area contributed by atoms with Gasteiger partial charge in [-0.15, -0.1) is 0 Å². The second kappa shape index (κ2) is 2.16. The highest BCUT2D eigenvalue weighted by Gasteiger charge is 2.10. The highest BCUT2D eigenvalue weighted by Crippen LogP contribution is 2.24. The van der Waals surface area contributed by atoms with Crippen LogP contribution in [0.2, 0.25) is 0 Å². The van der Waals surface area contributed by atoms with Gasteiger partial charge in [0, 0.05) is 23.9 Å². The first kappa shape index (κ1) is 6.53. The average molecular weight is 146 g/mol. The van der Waals surface area contributed by atoms with Gasteiger partial charge in [0.15, 0.2) is 5.82 Å². The number of fused-ring (bicyclic) bond motifs is 1. The van der Waals surface area contributed by atoms with Gasteiger partial charge in [-0.25, -0.2) is 9.98 Å². The molecule has 0 saturated carbocycles. The predicted molar refractivity (Wildman–Crippen MR) is 45.6 cm³/mol. The van der Waals surface area contributed by atoms with Gasteiger partial charge in [-0.05, 0) is 25.5 Å². The van der Waals surface area contributed by atoms with Gasteiger partial charge in [0.1, 0.15) is 0 Å². The molecular formula is C9H10N2. The first-order valence-electron chi connectivity index (χ1n) is 3.77. The van der Waals surface area contributed by atoms with E-state index in [-0.39, 0.29) is 0 Å². The number of hydrogen-bond donors (Lipinski definition) is 0. The highest BCUT2D eigenvalue weighted by atomic mass is 14.9. The van der Waals surface area contributed by atoms with Crippen molar-refractivity contribution in [2.75, 3.05) is 0 Å². The summed E-state index contributed by atoms with van der Waals surface area (Å²) in [7, 11) is 0. The summed E-state index contributed by atoms with van der Waals surface area (Å²) in [6.07, 6.45) is 2.87. The van der Waals surface area contributed by atoms with E-state index in [2.05, 4.69) is 23.0 Å². The van der Waals surface area contributed by atoms with Gasteiger partial charge in [-0.1, -0.05) is 0 Å². The summed E-state index contributed by atoms with van der Waals surface area (Å²) >= 11 is 0. The SMILES string of the molecule is Cc1cc(C)c2c(n1)N=CC2. The maximum absolute atomic E-state index is 4.32. The molecule has 0 radical (unpaired) electrons. The summed E-state index contributed by atoms with van der Waals surface area (Å²) in [4.78, 5) is 8.50. The Morgan fingerprint density at radius 3 is 3.00 bits per heavy atom. The average Bonchev–Trinajstić information content (AvgIpc) is 2.34. The molecule has 1 aromatic rings. The molecule has 0 atom stereocenters. The Balaban J connectivity index is 2.66. The Kier molecular flexibility index (Phi) is 1.28. The molecule has 1 aliphatic rings. The molecule has 1 aromatic heterocycles. The molecule has 0 N–H and O–H groups in total. The van der Waals surface area contributed by atoms with Crippen LogP contribution in [0.1, 0.15) is 16.8 Å². The fraction of sp³-hybridized carbons (Fsp3) is 0.333. The van der Waals surface area contributed by atoms with E-state index >= 15 is 0 Å². The minimum Gasteiger partial charge on any atom is -0.241 e. The Morgan fingerprint density at radius 2 is 2.18 bits per heavy atom. The molecule has 2 heterocycles. The zero-order valence-corrected chi connectivity index (χ0v) is 6.76. The third-order valence-electron chi connectivity index (χ3n) is 1.96. The lowest BCUT2D eigenvalue weighted by Crippen LogP contribution is -1.89. The molecule has 11 heavy (non-hydrogen) atoms. The van der Waals surface area contributed by atoms with Crippen molar-refractivity contribution in [3.8, 4) is 0 Å². The fourth-order valence-corrected chi connectivity index (χ4v) is 1.43. The third kappa shape index (κ3) is 0.946. The summed E-state index contributed by atoms with van der Waals surface area (Å²) in [6, 6.07) is 2.10. The topological polar surface area (TPSA) is 25.2 Å². The largest absolute Gasteiger partial charge is 0.241 e. The molecule has 0 amide bonds. The summed E-state index contributed by atoms with van der Waals surface area (Å²) in [5.74, 6) is 0.919. The van der Waals surface area contributed by atoms with Crippen molar-refractivity contribution in [1.82, 2.24) is 4.98 Å². The number of rotatable bonds is 0. The molecule has 0 spiro atoms. The van der Waals surface area contributed by atoms with E-state index in [9.17, 15) is 0 Å². The number of aryl methyl sites for hydroxylation is 2. The van der Waals surface area contributed by atoms with E-state index in [1.165, 1.54) is 11.1 Å². The number of hydrogen-bond acceptors (Lipinski definition) is 2. The fourth-order valence-electron chi connectivity index (χ4n) is 1.43. The van der Waals surface area contributed by atoms with Crippen LogP contribution in [0.3, 0.4) is 0 Å². The van der Waals surface area contributed by atoms with E-state index < -0.39 is 0 Å². The first-order valence-corrected chi connectivity index (χ1v) is 3.77. The van der Waals surface area contributed by atoms with Gasteiger partial charge < -0.3 is 0 Å². The van der Waals surface area contributed by atoms with Crippen molar-refractivity contribution in [3.63, 3.8) is 0 Å². The normalized spacial score (nSPS) is 13.6. The van der Waals surface area contributed by atoms with Crippen molar-refractivity contribution in [1.29, 1.82) is 0 Å². The van der Waals surface area contributed by atoms with Crippen molar-refractivity contribution in [2.24, 2.45) is 4.99 Å². The van der Waals surface area contributed by atoms with Crippen LogP contribution in [0.15, 0.2) is 11.1 Å². The molecule has 2 heteroatoms. The minimum atomic E-state index is 0.919. The molecule has 0 saturated heterocycles. The van der Waals surface area contributed by atoms with Crippen LogP contribution in [-0.2, 0) is 6.42 Å². The van der Waals surface area contributed by atoms with Gasteiger partial charge in [-0.2, -0.15) is 0 Å². The number of aliphatic imine (C=N–C) groups is 1. The summed E-state index contributed by atoms with van der Waals surface area (Å²) in [6.45, 7) is 4.11. The van der Waals surface area contributed by atoms with Gasteiger partial charge >= 0.3 is 0 Å². The van der Waals surface area contributed by atoms with E-state index in [1.807, 2.05) is 13.1 Å². The Hall–Kier alpha value is -1.18. The zero-order chi connectivity index (χ0) is 7.84. The van der Waals surface area contributed by atoms with E-state index in [0.29, 0.717) is 0 Å². The monoisotopic (exact) mass is 146 g/mol. The van der Waals surface area contributed by atoms with E-state index in [1.54, 1.807) is 0 Å². The van der Waals surface area contributed by atoms with E-state index in [4.69, 9.17) is 0 Å². The molecule has 2 nitrogen and oxygen atoms in total. The van der Waals surface area contributed by atoms with Crippen molar-refractivity contribution >= 4 is 12.0 Å². The van der Waals surface area contributed by atoms with Crippen LogP contribution in [0.25, 0.3) is 0 Å². The predicted octanol–water partition coefficient (Wildman–Crippen LogP) is 1.96. The van der Waals surface area contributed by atoms with Crippen LogP contribution in [0, 0.1) is 13.8 Å². The quantitative estimate of drug-likeness (QED) is 0.549. The molecule has 0 bridgehead atoms. The number of aromatic nitrogens is 1. The first-order chi connectivity index (χ1) is 5.27. The van der Waals surface area contributed by atoms with Gasteiger partial charge in [-0.3, -0.25) is 0 Å². The maximum atomic E-state index is 4.32. The molecule has 0 unspecified atom stereocenters. The van der Waals surface area contributed by atoms with Crippen molar-refractivity contribution in [2.45, 2.75) is 20.3 Å². The second-order valence-electron chi connectivity index (χ2n) is 2.90. The lowest BCUT2D eigenvalue weighted by molar-refractivity contribution is 1.13. The highest BCUT2D eigenvalue weighted by molar-refractivity contribution is 5.74. The Morgan fingerprint density at radius 1 is 1.36 bits per heavy atom. The summed E-state index contributed by atoms with van der Waals surface area (Å²) in [5.41, 5.74) is 3.65. The molecular weight excluding hydrogens is 136 g/mol. The minimum absolute atomic E-state index is 0.919. The molecule has 56 valence electrons. The van der Waals surface area contributed by atoms with Crippen molar-refractivity contribution in [3.05, 3.63) is 22.9 Å². The van der Waals surface area contributed by atoms with Crippen LogP contribution in [-0.4, -0.2) is 11.2 Å². The Labute approximate surface area is 66.0 Å². The maximum Gasteiger partial charge on any atom is 0.155 e. The molecule has 0 fully saturated rings. The van der Waals surface area contributed by atoms with Crippen LogP contribution >= 0.6 is 0 Å². The number of pyridine rings is 1. The number of nitrogens with zero attached hydrogens (tertiary/aromatic N) is 2. The molecule has 0 aliphatic carbocycles. The zero-order valence-electron chi connectivity index (χ0n) is 6.76. The second-order valence-corrected chi connectivity index (χ2v) is 2.90. The van der Waals surface area contributed by atoms with Crippen LogP contribution < -0.4 is 0 Å². The van der Waals surface area contributed by atoms with Gasteiger partial charge in [0.25, 0.3) is 0 Å². The smallest absolute Gasteiger partial charge is 0.155 e. The summed E-state index contributed by atoms with van der Waals surface area (Å²) in [5, 5.41) is 0. The summed E-state index contributed by atoms with van der Waals surface area (Å²) < 4.78 is 0. The van der Waals surface area contributed by atoms with Gasteiger partial charge in [0.05, 0.1) is 0 Å². The lowest BCUT2D eigenvalue weighted by atomic mass is 10.1.